The molecule has 0 aromatic heterocycles. The molecule has 0 aromatic rings. The Morgan fingerprint density at radius 1 is 1.05 bits per heavy atom. The van der Waals surface area contributed by atoms with E-state index in [9.17, 15) is 4.79 Å². The highest BCUT2D eigenvalue weighted by Gasteiger charge is 2.40. The van der Waals surface area contributed by atoms with E-state index in [1.807, 2.05) is 0 Å². The molecule has 3 nitrogen and oxygen atoms in total. The number of likely N-dealkylation sites (N-methyl/N-ethyl adjacent to an activating group) is 1. The van der Waals surface area contributed by atoms with Crippen LogP contribution in [-0.4, -0.2) is 43.7 Å². The topological polar surface area (TPSA) is 26.3 Å². The molecule has 0 radical (unpaired) electrons. The predicted octanol–water partition coefficient (Wildman–Crippen LogP) is 3.91. The van der Waals surface area contributed by atoms with Crippen molar-refractivity contribution in [2.45, 2.75) is 77.2 Å². The number of quaternary nitrogens is 1. The molecule has 0 aliphatic carbocycles. The summed E-state index contributed by atoms with van der Waals surface area (Å²) in [6, 6.07) is 0.0732. The molecule has 1 saturated heterocycles. The molecule has 0 N–H and O–H groups in total. The molecule has 1 aliphatic rings. The van der Waals surface area contributed by atoms with E-state index < -0.39 is 0 Å². The van der Waals surface area contributed by atoms with Crippen LogP contribution in [0.3, 0.4) is 0 Å². The lowest BCUT2D eigenvalue weighted by Gasteiger charge is -2.29. The number of ether oxygens (including phenoxy) is 1. The van der Waals surface area contributed by atoms with Crippen molar-refractivity contribution in [3.63, 3.8) is 0 Å². The van der Waals surface area contributed by atoms with Crippen molar-refractivity contribution >= 4 is 5.97 Å². The molecule has 1 rings (SSSR count). The number of carbonyl (C=O) groups excluding carboxylic acids is 1. The van der Waals surface area contributed by atoms with E-state index in [-0.39, 0.29) is 12.0 Å². The summed E-state index contributed by atoms with van der Waals surface area (Å²) in [7, 11) is 4.27. The summed E-state index contributed by atoms with van der Waals surface area (Å²) in [5.74, 6) is 0.0236. The van der Waals surface area contributed by atoms with Gasteiger partial charge in [0, 0.05) is 12.8 Å². The van der Waals surface area contributed by atoms with Crippen molar-refractivity contribution < 1.29 is 14.0 Å². The number of likely N-dealkylation sites (tertiary alicyclic amines) is 1. The molecule has 0 amide bonds. The molecule has 0 aromatic carbocycles. The van der Waals surface area contributed by atoms with E-state index in [1.165, 1.54) is 44.9 Å². The van der Waals surface area contributed by atoms with E-state index in [1.54, 1.807) is 0 Å². The first-order valence-electron chi connectivity index (χ1n) is 8.57. The highest BCUT2D eigenvalue weighted by Crippen LogP contribution is 2.23. The maximum atomic E-state index is 12.0. The van der Waals surface area contributed by atoms with Gasteiger partial charge in [0.05, 0.1) is 27.2 Å². The Hall–Kier alpha value is -0.570. The second kappa shape index (κ2) is 9.38. The van der Waals surface area contributed by atoms with Crippen LogP contribution in [0.15, 0.2) is 0 Å². The Bertz CT molecular complexity index is 276. The monoisotopic (exact) mass is 284 g/mol. The molecule has 1 fully saturated rings. The summed E-state index contributed by atoms with van der Waals surface area (Å²) in [5.41, 5.74) is 0. The zero-order valence-electron chi connectivity index (χ0n) is 13.8. The number of esters is 1. The van der Waals surface area contributed by atoms with Crippen molar-refractivity contribution in [2.24, 2.45) is 0 Å². The van der Waals surface area contributed by atoms with Gasteiger partial charge >= 0.3 is 5.97 Å². The first-order valence-corrected chi connectivity index (χ1v) is 8.57. The highest BCUT2D eigenvalue weighted by molar-refractivity contribution is 5.74. The molecule has 0 bridgehead atoms. The molecular weight excluding hydrogens is 250 g/mol. The fourth-order valence-corrected chi connectivity index (χ4v) is 3.11. The van der Waals surface area contributed by atoms with E-state index in [4.69, 9.17) is 4.74 Å². The van der Waals surface area contributed by atoms with Gasteiger partial charge in [-0.1, -0.05) is 51.9 Å². The summed E-state index contributed by atoms with van der Waals surface area (Å²) in [4.78, 5) is 12.0. The average Bonchev–Trinajstić information content (AvgIpc) is 2.76. The smallest absolute Gasteiger partial charge is 0.364 e. The Morgan fingerprint density at radius 3 is 2.20 bits per heavy atom. The Labute approximate surface area is 125 Å². The minimum atomic E-state index is 0.0236. The third-order valence-corrected chi connectivity index (χ3v) is 4.57. The van der Waals surface area contributed by atoms with Crippen LogP contribution in [0.1, 0.15) is 71.1 Å². The van der Waals surface area contributed by atoms with E-state index in [0.717, 1.165) is 30.3 Å². The third kappa shape index (κ3) is 6.25. The summed E-state index contributed by atoms with van der Waals surface area (Å²) in [6.07, 6.45) is 12.4. The van der Waals surface area contributed by atoms with E-state index >= 15 is 0 Å². The largest absolute Gasteiger partial charge is 0.461 e. The lowest BCUT2D eigenvalue weighted by molar-refractivity contribution is -0.893. The zero-order valence-corrected chi connectivity index (χ0v) is 13.8. The maximum Gasteiger partial charge on any atom is 0.364 e. The van der Waals surface area contributed by atoms with Gasteiger partial charge in [-0.3, -0.25) is 0 Å². The standard InChI is InChI=1S/C17H34NO2/c1-4-5-6-7-8-9-10-11-15-20-17(19)16-13-12-14-18(16,2)3/h16H,4-15H2,1-3H3/q+1. The second-order valence-electron chi connectivity index (χ2n) is 6.80. The molecule has 118 valence electrons. The lowest BCUT2D eigenvalue weighted by atomic mass is 10.1. The van der Waals surface area contributed by atoms with Crippen LogP contribution in [0.2, 0.25) is 0 Å². The highest BCUT2D eigenvalue weighted by atomic mass is 16.5. The summed E-state index contributed by atoms with van der Waals surface area (Å²) >= 11 is 0. The van der Waals surface area contributed by atoms with Crippen LogP contribution < -0.4 is 0 Å². The van der Waals surface area contributed by atoms with Gasteiger partial charge in [0.1, 0.15) is 0 Å². The summed E-state index contributed by atoms with van der Waals surface area (Å²) in [6.45, 7) is 3.96. The molecule has 20 heavy (non-hydrogen) atoms. The minimum Gasteiger partial charge on any atom is -0.461 e. The first-order chi connectivity index (χ1) is 9.58. The Morgan fingerprint density at radius 2 is 1.65 bits per heavy atom. The van der Waals surface area contributed by atoms with Gasteiger partial charge in [-0.25, -0.2) is 4.79 Å². The van der Waals surface area contributed by atoms with Gasteiger partial charge in [-0.05, 0) is 6.42 Å². The number of nitrogens with zero attached hydrogens (tertiary/aromatic N) is 1. The van der Waals surface area contributed by atoms with E-state index in [2.05, 4.69) is 21.0 Å². The number of hydrogen-bond acceptors (Lipinski definition) is 2. The molecule has 1 unspecified atom stereocenters. The van der Waals surface area contributed by atoms with Gasteiger partial charge in [0.2, 0.25) is 0 Å². The summed E-state index contributed by atoms with van der Waals surface area (Å²) < 4.78 is 6.25. The van der Waals surface area contributed by atoms with Gasteiger partial charge in [0.25, 0.3) is 0 Å². The number of rotatable bonds is 10. The lowest BCUT2D eigenvalue weighted by Crippen LogP contribution is -2.48. The number of unbranched alkanes of at least 4 members (excludes halogenated alkanes) is 7. The number of carbonyl (C=O) groups is 1. The molecule has 3 heteroatoms. The van der Waals surface area contributed by atoms with Crippen molar-refractivity contribution in [3.8, 4) is 0 Å². The molecule has 1 heterocycles. The molecular formula is C17H34NO2+. The van der Waals surface area contributed by atoms with Gasteiger partial charge in [-0.2, -0.15) is 0 Å². The normalized spacial score (nSPS) is 21.1. The molecule has 1 aliphatic heterocycles. The first kappa shape index (κ1) is 17.5. The minimum absolute atomic E-state index is 0.0236. The van der Waals surface area contributed by atoms with Crippen molar-refractivity contribution in [1.82, 2.24) is 0 Å². The Balaban J connectivity index is 1.97. The quantitative estimate of drug-likeness (QED) is 0.345. The van der Waals surface area contributed by atoms with Crippen LogP contribution in [0.5, 0.6) is 0 Å². The predicted molar refractivity (Wildman–Crippen MR) is 83.6 cm³/mol. The maximum absolute atomic E-state index is 12.0. The zero-order chi connectivity index (χ0) is 14.8. The molecule has 1 atom stereocenters. The van der Waals surface area contributed by atoms with Gasteiger partial charge < -0.3 is 9.22 Å². The SMILES string of the molecule is CCCCCCCCCCOC(=O)C1CCC[N+]1(C)C. The van der Waals surface area contributed by atoms with Gasteiger partial charge in [-0.15, -0.1) is 0 Å². The third-order valence-electron chi connectivity index (χ3n) is 4.57. The average molecular weight is 284 g/mol. The second-order valence-corrected chi connectivity index (χ2v) is 6.80. The fraction of sp³-hybridized carbons (Fsp3) is 0.941. The van der Waals surface area contributed by atoms with Crippen molar-refractivity contribution in [3.05, 3.63) is 0 Å². The molecule has 0 saturated carbocycles. The van der Waals surface area contributed by atoms with Crippen LogP contribution in [0.25, 0.3) is 0 Å². The van der Waals surface area contributed by atoms with Crippen molar-refractivity contribution in [2.75, 3.05) is 27.2 Å². The van der Waals surface area contributed by atoms with Gasteiger partial charge in [0.15, 0.2) is 6.04 Å². The number of hydrogen-bond donors (Lipinski definition) is 0. The van der Waals surface area contributed by atoms with Crippen LogP contribution in [0.4, 0.5) is 0 Å². The van der Waals surface area contributed by atoms with Crippen LogP contribution in [-0.2, 0) is 9.53 Å². The van der Waals surface area contributed by atoms with Crippen LogP contribution >= 0.6 is 0 Å². The van der Waals surface area contributed by atoms with Crippen LogP contribution in [0, 0.1) is 0 Å². The Kier molecular flexibility index (Phi) is 8.20. The van der Waals surface area contributed by atoms with E-state index in [0.29, 0.717) is 6.61 Å². The summed E-state index contributed by atoms with van der Waals surface area (Å²) in [5, 5.41) is 0. The molecule has 0 spiro atoms. The van der Waals surface area contributed by atoms with Crippen molar-refractivity contribution in [1.29, 1.82) is 0 Å². The fourth-order valence-electron chi connectivity index (χ4n) is 3.11.